The van der Waals surface area contributed by atoms with Crippen molar-refractivity contribution >= 4 is 31.2 Å². The maximum atomic E-state index is 12.0. The minimum atomic E-state index is -3.50. The van der Waals surface area contributed by atoms with E-state index in [4.69, 9.17) is 0 Å². The first-order valence-corrected chi connectivity index (χ1v) is 10.2. The van der Waals surface area contributed by atoms with Crippen LogP contribution < -0.4 is 4.72 Å². The van der Waals surface area contributed by atoms with Crippen LogP contribution in [-0.4, -0.2) is 34.9 Å². The van der Waals surface area contributed by atoms with E-state index < -0.39 is 19.9 Å². The van der Waals surface area contributed by atoms with Gasteiger partial charge < -0.3 is 0 Å². The first-order valence-electron chi connectivity index (χ1n) is 6.11. The van der Waals surface area contributed by atoms with Crippen LogP contribution in [0, 0.1) is 5.92 Å². The molecule has 0 aromatic carbocycles. The van der Waals surface area contributed by atoms with E-state index in [-0.39, 0.29) is 24.0 Å². The van der Waals surface area contributed by atoms with Crippen LogP contribution in [0.2, 0.25) is 0 Å². The summed E-state index contributed by atoms with van der Waals surface area (Å²) in [7, 11) is -6.46. The average Bonchev–Trinajstić information content (AvgIpc) is 2.93. The Morgan fingerprint density at radius 3 is 2.68 bits per heavy atom. The van der Waals surface area contributed by atoms with Crippen LogP contribution in [0.4, 0.5) is 0 Å². The number of sulfone groups is 1. The lowest BCUT2D eigenvalue weighted by atomic mass is 10.1. The molecule has 0 saturated carbocycles. The van der Waals surface area contributed by atoms with Gasteiger partial charge in [-0.1, -0.05) is 6.92 Å². The Morgan fingerprint density at radius 2 is 2.16 bits per heavy atom. The van der Waals surface area contributed by atoms with Gasteiger partial charge in [0.25, 0.3) is 0 Å². The lowest BCUT2D eigenvalue weighted by molar-refractivity contribution is 0.544. The summed E-state index contributed by atoms with van der Waals surface area (Å²) >= 11 is 1.25. The van der Waals surface area contributed by atoms with E-state index in [1.165, 1.54) is 11.3 Å². The van der Waals surface area contributed by atoms with Crippen LogP contribution in [0.1, 0.15) is 18.2 Å². The zero-order valence-corrected chi connectivity index (χ0v) is 13.1. The van der Waals surface area contributed by atoms with E-state index in [2.05, 4.69) is 4.72 Å². The largest absolute Gasteiger partial charge is 0.250 e. The third-order valence-corrected chi connectivity index (χ3v) is 8.12. The summed E-state index contributed by atoms with van der Waals surface area (Å²) in [5.41, 5.74) is 0. The van der Waals surface area contributed by atoms with Gasteiger partial charge in [0.05, 0.1) is 11.5 Å². The summed E-state index contributed by atoms with van der Waals surface area (Å²) in [4.78, 5) is 1.02. The highest BCUT2D eigenvalue weighted by molar-refractivity contribution is 7.92. The predicted octanol–water partition coefficient (Wildman–Crippen LogP) is 1.02. The van der Waals surface area contributed by atoms with Crippen molar-refractivity contribution in [3.8, 4) is 0 Å². The third-order valence-electron chi connectivity index (χ3n) is 3.14. The number of aryl methyl sites for hydroxylation is 1. The SMILES string of the molecule is CCc1ccc(S(=O)(=O)NC[C@@H]2CCS(=O)(=O)C2)s1. The van der Waals surface area contributed by atoms with Gasteiger partial charge in [-0.05, 0) is 30.9 Å². The number of hydrogen-bond acceptors (Lipinski definition) is 5. The summed E-state index contributed by atoms with van der Waals surface area (Å²) in [6, 6.07) is 3.40. The fourth-order valence-electron chi connectivity index (χ4n) is 2.02. The molecule has 0 amide bonds. The van der Waals surface area contributed by atoms with Crippen molar-refractivity contribution in [2.75, 3.05) is 18.1 Å². The Kier molecular flexibility index (Phi) is 4.34. The smallest absolute Gasteiger partial charge is 0.229 e. The molecule has 0 bridgehead atoms. The second-order valence-electron chi connectivity index (χ2n) is 4.70. The molecule has 0 aliphatic carbocycles. The lowest BCUT2D eigenvalue weighted by Crippen LogP contribution is -2.29. The Bertz CT molecular complexity index is 645. The molecule has 1 aromatic rings. The molecule has 1 N–H and O–H groups in total. The summed E-state index contributed by atoms with van der Waals surface area (Å²) in [5.74, 6) is 0.142. The first kappa shape index (κ1) is 15.0. The van der Waals surface area contributed by atoms with Crippen molar-refractivity contribution in [3.05, 3.63) is 17.0 Å². The first-order chi connectivity index (χ1) is 8.82. The third kappa shape index (κ3) is 3.77. The standard InChI is InChI=1S/C11H17NO4S3/c1-2-10-3-4-11(17-10)19(15,16)12-7-9-5-6-18(13,14)8-9/h3-4,9,12H,2,5-8H2,1H3/t9-/m0/s1. The van der Waals surface area contributed by atoms with Gasteiger partial charge in [0.1, 0.15) is 4.21 Å². The van der Waals surface area contributed by atoms with E-state index in [1.54, 1.807) is 12.1 Å². The molecule has 1 aromatic heterocycles. The normalized spacial score (nSPS) is 22.7. The summed E-state index contributed by atoms with van der Waals surface area (Å²) in [6.45, 7) is 2.17. The van der Waals surface area contributed by atoms with Crippen molar-refractivity contribution in [1.82, 2.24) is 4.72 Å². The molecule has 2 heterocycles. The van der Waals surface area contributed by atoms with Crippen molar-refractivity contribution < 1.29 is 16.8 Å². The van der Waals surface area contributed by atoms with Gasteiger partial charge in [-0.15, -0.1) is 11.3 Å². The van der Waals surface area contributed by atoms with Crippen molar-refractivity contribution in [2.45, 2.75) is 24.0 Å². The molecule has 1 saturated heterocycles. The molecular weight excluding hydrogens is 306 g/mol. The van der Waals surface area contributed by atoms with Crippen LogP contribution in [0.5, 0.6) is 0 Å². The van der Waals surface area contributed by atoms with Crippen LogP contribution in [0.15, 0.2) is 16.3 Å². The molecule has 0 radical (unpaired) electrons. The monoisotopic (exact) mass is 323 g/mol. The number of thiophene rings is 1. The average molecular weight is 323 g/mol. The van der Waals surface area contributed by atoms with Gasteiger partial charge in [0.15, 0.2) is 9.84 Å². The van der Waals surface area contributed by atoms with Gasteiger partial charge in [-0.2, -0.15) is 0 Å². The molecule has 1 aliphatic rings. The van der Waals surface area contributed by atoms with Crippen LogP contribution in [0.25, 0.3) is 0 Å². The predicted molar refractivity (Wildman–Crippen MR) is 75.6 cm³/mol. The highest BCUT2D eigenvalue weighted by Gasteiger charge is 2.29. The van der Waals surface area contributed by atoms with E-state index in [0.717, 1.165) is 11.3 Å². The number of nitrogens with one attached hydrogen (secondary N) is 1. The number of sulfonamides is 1. The Morgan fingerprint density at radius 1 is 1.42 bits per heavy atom. The van der Waals surface area contributed by atoms with Gasteiger partial charge >= 0.3 is 0 Å². The Labute approximate surface area is 118 Å². The molecule has 5 nitrogen and oxygen atoms in total. The minimum absolute atomic E-state index is 0.0835. The quantitative estimate of drug-likeness (QED) is 0.877. The van der Waals surface area contributed by atoms with E-state index in [9.17, 15) is 16.8 Å². The highest BCUT2D eigenvalue weighted by atomic mass is 32.2. The fraction of sp³-hybridized carbons (Fsp3) is 0.636. The molecule has 19 heavy (non-hydrogen) atoms. The topological polar surface area (TPSA) is 80.3 Å². The zero-order chi connectivity index (χ0) is 14.1. The molecular formula is C11H17NO4S3. The van der Waals surface area contributed by atoms with E-state index >= 15 is 0 Å². The number of hydrogen-bond donors (Lipinski definition) is 1. The highest BCUT2D eigenvalue weighted by Crippen LogP contribution is 2.23. The molecule has 108 valence electrons. The second-order valence-corrected chi connectivity index (χ2v) is 10.1. The Hall–Kier alpha value is -0.440. The van der Waals surface area contributed by atoms with Gasteiger partial charge in [-0.25, -0.2) is 21.6 Å². The molecule has 1 fully saturated rings. The minimum Gasteiger partial charge on any atom is -0.229 e. The van der Waals surface area contributed by atoms with Gasteiger partial charge in [0, 0.05) is 11.4 Å². The zero-order valence-electron chi connectivity index (χ0n) is 10.6. The number of rotatable bonds is 5. The van der Waals surface area contributed by atoms with E-state index in [1.807, 2.05) is 6.92 Å². The maximum absolute atomic E-state index is 12.0. The molecule has 2 rings (SSSR count). The van der Waals surface area contributed by atoms with E-state index in [0.29, 0.717) is 10.6 Å². The van der Waals surface area contributed by atoms with Crippen molar-refractivity contribution in [1.29, 1.82) is 0 Å². The van der Waals surface area contributed by atoms with Crippen LogP contribution in [-0.2, 0) is 26.3 Å². The maximum Gasteiger partial charge on any atom is 0.250 e. The second kappa shape index (κ2) is 5.51. The molecule has 0 unspecified atom stereocenters. The summed E-state index contributed by atoms with van der Waals surface area (Å²) in [5, 5.41) is 0. The lowest BCUT2D eigenvalue weighted by Gasteiger charge is -2.09. The fourth-order valence-corrected chi connectivity index (χ4v) is 6.34. The van der Waals surface area contributed by atoms with Crippen LogP contribution >= 0.6 is 11.3 Å². The van der Waals surface area contributed by atoms with Gasteiger partial charge in [-0.3, -0.25) is 0 Å². The summed E-state index contributed by atoms with van der Waals surface area (Å²) < 4.78 is 49.5. The van der Waals surface area contributed by atoms with Gasteiger partial charge in [0.2, 0.25) is 10.0 Å². The van der Waals surface area contributed by atoms with Crippen molar-refractivity contribution in [3.63, 3.8) is 0 Å². The van der Waals surface area contributed by atoms with Crippen LogP contribution in [0.3, 0.4) is 0 Å². The molecule has 1 atom stereocenters. The van der Waals surface area contributed by atoms with Crippen molar-refractivity contribution in [2.24, 2.45) is 5.92 Å². The molecule has 0 spiro atoms. The molecule has 1 aliphatic heterocycles. The Balaban J connectivity index is 1.98. The molecule has 8 heteroatoms. The summed E-state index contributed by atoms with van der Waals surface area (Å²) in [6.07, 6.45) is 1.34.